The second-order valence-electron chi connectivity index (χ2n) is 7.35. The number of hydrogen-bond donors (Lipinski definition) is 0. The summed E-state index contributed by atoms with van der Waals surface area (Å²) in [5.74, 6) is 2.27. The zero-order chi connectivity index (χ0) is 22.0. The van der Waals surface area contributed by atoms with E-state index in [-0.39, 0.29) is 5.88 Å². The van der Waals surface area contributed by atoms with Gasteiger partial charge in [0.1, 0.15) is 37.1 Å². The van der Waals surface area contributed by atoms with Gasteiger partial charge in [-0.05, 0) is 16.7 Å². The largest absolute Gasteiger partial charge is 0.489 e. The average molecular weight is 445 g/mol. The van der Waals surface area contributed by atoms with Gasteiger partial charge in [-0.3, -0.25) is 0 Å². The van der Waals surface area contributed by atoms with Crippen molar-refractivity contribution in [3.8, 4) is 17.2 Å². The summed E-state index contributed by atoms with van der Waals surface area (Å²) >= 11 is 6.33. The normalized spacial score (nSPS) is 10.5. The molecule has 0 aliphatic rings. The van der Waals surface area contributed by atoms with Crippen LogP contribution in [0, 0.1) is 0 Å². The van der Waals surface area contributed by atoms with E-state index in [4.69, 9.17) is 25.8 Å². The first-order valence-electron chi connectivity index (χ1n) is 10.5. The SMILES string of the molecule is ClCc1c(OCc2ccccc2)cc(OCc2ccccc2)cc1OCc1ccccc1. The first kappa shape index (κ1) is 21.8. The fourth-order valence-electron chi connectivity index (χ4n) is 3.28. The third-order valence-electron chi connectivity index (χ3n) is 5.00. The van der Waals surface area contributed by atoms with Crippen LogP contribution in [0.25, 0.3) is 0 Å². The quantitative estimate of drug-likeness (QED) is 0.243. The Bertz CT molecular complexity index is 1030. The number of rotatable bonds is 10. The molecule has 0 radical (unpaired) electrons. The van der Waals surface area contributed by atoms with Crippen molar-refractivity contribution in [1.29, 1.82) is 0 Å². The highest BCUT2D eigenvalue weighted by Gasteiger charge is 2.15. The maximum atomic E-state index is 6.33. The van der Waals surface area contributed by atoms with Gasteiger partial charge in [0, 0.05) is 12.1 Å². The van der Waals surface area contributed by atoms with Crippen LogP contribution >= 0.6 is 11.6 Å². The molecule has 0 aromatic heterocycles. The molecule has 4 heteroatoms. The summed E-state index contributed by atoms with van der Waals surface area (Å²) in [7, 11) is 0. The molecule has 0 amide bonds. The van der Waals surface area contributed by atoms with Crippen molar-refractivity contribution in [1.82, 2.24) is 0 Å². The van der Waals surface area contributed by atoms with Gasteiger partial charge in [-0.2, -0.15) is 0 Å². The third-order valence-corrected chi connectivity index (χ3v) is 5.27. The van der Waals surface area contributed by atoms with Gasteiger partial charge in [0.15, 0.2) is 0 Å². The van der Waals surface area contributed by atoms with E-state index in [0.29, 0.717) is 37.1 Å². The van der Waals surface area contributed by atoms with Crippen LogP contribution in [0.15, 0.2) is 103 Å². The molecule has 32 heavy (non-hydrogen) atoms. The molecule has 3 nitrogen and oxygen atoms in total. The third kappa shape index (κ3) is 6.05. The summed E-state index contributed by atoms with van der Waals surface area (Å²) in [5.41, 5.74) is 4.06. The molecule has 0 atom stereocenters. The van der Waals surface area contributed by atoms with Gasteiger partial charge < -0.3 is 14.2 Å². The van der Waals surface area contributed by atoms with E-state index in [1.165, 1.54) is 0 Å². The van der Waals surface area contributed by atoms with E-state index in [0.717, 1.165) is 22.3 Å². The van der Waals surface area contributed by atoms with Crippen molar-refractivity contribution in [2.45, 2.75) is 25.7 Å². The number of benzene rings is 4. The van der Waals surface area contributed by atoms with E-state index < -0.39 is 0 Å². The van der Waals surface area contributed by atoms with Crippen molar-refractivity contribution < 1.29 is 14.2 Å². The van der Waals surface area contributed by atoms with Crippen molar-refractivity contribution in [3.05, 3.63) is 125 Å². The van der Waals surface area contributed by atoms with Crippen LogP contribution in [0.3, 0.4) is 0 Å². The molecule has 0 saturated carbocycles. The first-order valence-corrected chi connectivity index (χ1v) is 11.1. The smallest absolute Gasteiger partial charge is 0.131 e. The topological polar surface area (TPSA) is 27.7 Å². The Labute approximate surface area is 194 Å². The molecule has 0 unspecified atom stereocenters. The molecule has 0 N–H and O–H groups in total. The van der Waals surface area contributed by atoms with Gasteiger partial charge in [-0.25, -0.2) is 0 Å². The predicted octanol–water partition coefficient (Wildman–Crippen LogP) is 7.16. The molecule has 4 aromatic rings. The fraction of sp³-hybridized carbons (Fsp3) is 0.143. The first-order chi connectivity index (χ1) is 15.8. The molecule has 0 heterocycles. The summed E-state index contributed by atoms with van der Waals surface area (Å²) in [6.45, 7) is 1.33. The Morgan fingerprint density at radius 3 is 1.25 bits per heavy atom. The van der Waals surface area contributed by atoms with E-state index in [9.17, 15) is 0 Å². The van der Waals surface area contributed by atoms with Crippen molar-refractivity contribution >= 4 is 11.6 Å². The Morgan fingerprint density at radius 2 is 0.875 bits per heavy atom. The average Bonchev–Trinajstić information content (AvgIpc) is 2.86. The number of hydrogen-bond acceptors (Lipinski definition) is 3. The minimum atomic E-state index is 0.271. The number of ether oxygens (including phenoxy) is 3. The minimum absolute atomic E-state index is 0.271. The van der Waals surface area contributed by atoms with E-state index >= 15 is 0 Å². The molecule has 0 aliphatic carbocycles. The van der Waals surface area contributed by atoms with Gasteiger partial charge in [0.05, 0.1) is 11.4 Å². The Morgan fingerprint density at radius 1 is 0.500 bits per heavy atom. The molecular weight excluding hydrogens is 420 g/mol. The van der Waals surface area contributed by atoms with E-state index in [1.54, 1.807) is 0 Å². The molecule has 4 aromatic carbocycles. The lowest BCUT2D eigenvalue weighted by molar-refractivity contribution is 0.271. The number of halogens is 1. The molecule has 0 saturated heterocycles. The predicted molar refractivity (Wildman–Crippen MR) is 128 cm³/mol. The van der Waals surface area contributed by atoms with Crippen LogP contribution < -0.4 is 14.2 Å². The standard InChI is InChI=1S/C28H25ClO3/c29-18-26-27(31-20-23-12-6-2-7-13-23)16-25(30-19-22-10-4-1-5-11-22)17-28(26)32-21-24-14-8-3-9-15-24/h1-17H,18-21H2. The molecule has 4 rings (SSSR count). The summed E-state index contributed by atoms with van der Waals surface area (Å²) in [5, 5.41) is 0. The molecule has 0 aliphatic heterocycles. The van der Waals surface area contributed by atoms with Gasteiger partial charge in [-0.1, -0.05) is 91.0 Å². The van der Waals surface area contributed by atoms with Crippen LogP contribution in [-0.4, -0.2) is 0 Å². The summed E-state index contributed by atoms with van der Waals surface area (Å²) in [6.07, 6.45) is 0. The lowest BCUT2D eigenvalue weighted by atomic mass is 10.1. The lowest BCUT2D eigenvalue weighted by Gasteiger charge is -2.18. The van der Waals surface area contributed by atoms with E-state index in [2.05, 4.69) is 0 Å². The van der Waals surface area contributed by atoms with Crippen molar-refractivity contribution in [3.63, 3.8) is 0 Å². The van der Waals surface area contributed by atoms with Gasteiger partial charge in [0.2, 0.25) is 0 Å². The van der Waals surface area contributed by atoms with Gasteiger partial charge in [-0.15, -0.1) is 11.6 Å². The van der Waals surface area contributed by atoms with Gasteiger partial charge >= 0.3 is 0 Å². The van der Waals surface area contributed by atoms with Gasteiger partial charge in [0.25, 0.3) is 0 Å². The van der Waals surface area contributed by atoms with E-state index in [1.807, 2.05) is 103 Å². The molecular formula is C28H25ClO3. The molecule has 0 bridgehead atoms. The zero-order valence-corrected chi connectivity index (χ0v) is 18.5. The molecule has 0 spiro atoms. The molecule has 162 valence electrons. The van der Waals surface area contributed by atoms with Crippen LogP contribution in [0.4, 0.5) is 0 Å². The fourth-order valence-corrected chi connectivity index (χ4v) is 3.54. The highest BCUT2D eigenvalue weighted by Crippen LogP contribution is 2.37. The Balaban J connectivity index is 1.57. The second kappa shape index (κ2) is 11.3. The highest BCUT2D eigenvalue weighted by molar-refractivity contribution is 6.17. The van der Waals surface area contributed by atoms with Crippen molar-refractivity contribution in [2.24, 2.45) is 0 Å². The maximum Gasteiger partial charge on any atom is 0.131 e. The maximum absolute atomic E-state index is 6.33. The summed E-state index contributed by atoms with van der Waals surface area (Å²) in [4.78, 5) is 0. The minimum Gasteiger partial charge on any atom is -0.489 e. The van der Waals surface area contributed by atoms with Crippen LogP contribution in [0.1, 0.15) is 22.3 Å². The highest BCUT2D eigenvalue weighted by atomic mass is 35.5. The summed E-state index contributed by atoms with van der Waals surface area (Å²) in [6, 6.07) is 33.9. The van der Waals surface area contributed by atoms with Crippen LogP contribution in [0.2, 0.25) is 0 Å². The van der Waals surface area contributed by atoms with Crippen LogP contribution in [-0.2, 0) is 25.7 Å². The monoisotopic (exact) mass is 444 g/mol. The van der Waals surface area contributed by atoms with Crippen LogP contribution in [0.5, 0.6) is 17.2 Å². The second-order valence-corrected chi connectivity index (χ2v) is 7.62. The zero-order valence-electron chi connectivity index (χ0n) is 17.7. The Kier molecular flexibility index (Phi) is 7.67. The lowest BCUT2D eigenvalue weighted by Crippen LogP contribution is -2.04. The van der Waals surface area contributed by atoms with Crippen molar-refractivity contribution in [2.75, 3.05) is 0 Å². The Hall–Kier alpha value is -3.43. The summed E-state index contributed by atoms with van der Waals surface area (Å²) < 4.78 is 18.4. The number of alkyl halides is 1. The molecule has 0 fully saturated rings.